The summed E-state index contributed by atoms with van der Waals surface area (Å²) < 4.78 is 1.26. The molecule has 2 unspecified atom stereocenters. The Morgan fingerprint density at radius 3 is 3.05 bits per heavy atom. The van der Waals surface area contributed by atoms with Crippen molar-refractivity contribution in [3.05, 3.63) is 28.7 Å². The van der Waals surface area contributed by atoms with E-state index in [9.17, 15) is 14.7 Å². The number of nitrogens with zero attached hydrogens (tertiary/aromatic N) is 1. The summed E-state index contributed by atoms with van der Waals surface area (Å²) in [7, 11) is 0. The average Bonchev–Trinajstić information content (AvgIpc) is 2.41. The van der Waals surface area contributed by atoms with Gasteiger partial charge in [0.25, 0.3) is 5.56 Å². The van der Waals surface area contributed by atoms with Gasteiger partial charge in [0.1, 0.15) is 6.54 Å². The van der Waals surface area contributed by atoms with Gasteiger partial charge in [-0.25, -0.2) is 0 Å². The first-order chi connectivity index (χ1) is 9.88. The van der Waals surface area contributed by atoms with Crippen LogP contribution in [0.15, 0.2) is 23.1 Å². The maximum atomic E-state index is 11.9. The van der Waals surface area contributed by atoms with Gasteiger partial charge < -0.3 is 20.7 Å². The van der Waals surface area contributed by atoms with Crippen molar-refractivity contribution in [3.8, 4) is 0 Å². The first-order valence-corrected chi connectivity index (χ1v) is 7.33. The molecule has 1 aliphatic rings. The molecule has 2 rings (SSSR count). The summed E-state index contributed by atoms with van der Waals surface area (Å²) in [6.07, 6.45) is 4.94. The maximum Gasteiger partial charge on any atom is 0.251 e. The fourth-order valence-corrected chi connectivity index (χ4v) is 2.94. The second-order valence-electron chi connectivity index (χ2n) is 6.13. The summed E-state index contributed by atoms with van der Waals surface area (Å²) in [5.74, 6) is 0.173. The van der Waals surface area contributed by atoms with E-state index in [1.54, 1.807) is 0 Å². The van der Waals surface area contributed by atoms with E-state index in [1.165, 1.54) is 22.9 Å². The van der Waals surface area contributed by atoms with Gasteiger partial charge in [0.05, 0.1) is 5.60 Å². The fraction of sp³-hybridized carbons (Fsp3) is 0.600. The highest BCUT2D eigenvalue weighted by atomic mass is 16.3. The van der Waals surface area contributed by atoms with Gasteiger partial charge in [0, 0.05) is 24.5 Å². The van der Waals surface area contributed by atoms with Crippen LogP contribution in [0.2, 0.25) is 0 Å². The SMILES string of the molecule is CC1CCCC(O)(CNC(=O)Cn2cc(N)ccc2=O)C1. The van der Waals surface area contributed by atoms with Crippen LogP contribution in [-0.4, -0.2) is 27.7 Å². The quantitative estimate of drug-likeness (QED) is 0.752. The van der Waals surface area contributed by atoms with Crippen LogP contribution in [0.4, 0.5) is 5.69 Å². The van der Waals surface area contributed by atoms with E-state index in [0.717, 1.165) is 12.8 Å². The molecule has 0 spiro atoms. The first-order valence-electron chi connectivity index (χ1n) is 7.33. The summed E-state index contributed by atoms with van der Waals surface area (Å²) >= 11 is 0. The molecule has 6 heteroatoms. The second-order valence-corrected chi connectivity index (χ2v) is 6.13. The van der Waals surface area contributed by atoms with Gasteiger partial charge in [-0.15, -0.1) is 0 Å². The number of pyridine rings is 1. The van der Waals surface area contributed by atoms with Gasteiger partial charge in [-0.1, -0.05) is 19.8 Å². The third-order valence-electron chi connectivity index (χ3n) is 4.00. The molecule has 1 aromatic heterocycles. The molecular weight excluding hydrogens is 270 g/mol. The predicted molar refractivity (Wildman–Crippen MR) is 80.7 cm³/mol. The molecule has 0 saturated heterocycles. The van der Waals surface area contributed by atoms with E-state index in [0.29, 0.717) is 24.4 Å². The molecule has 116 valence electrons. The molecule has 21 heavy (non-hydrogen) atoms. The third kappa shape index (κ3) is 4.32. The monoisotopic (exact) mass is 293 g/mol. The number of nitrogens with two attached hydrogens (primary N) is 1. The molecule has 1 aliphatic carbocycles. The molecule has 0 radical (unpaired) electrons. The van der Waals surface area contributed by atoms with Crippen molar-refractivity contribution in [2.24, 2.45) is 5.92 Å². The van der Waals surface area contributed by atoms with Crippen molar-refractivity contribution >= 4 is 11.6 Å². The van der Waals surface area contributed by atoms with E-state index in [2.05, 4.69) is 12.2 Å². The number of carbonyl (C=O) groups is 1. The van der Waals surface area contributed by atoms with E-state index in [-0.39, 0.29) is 24.6 Å². The molecule has 4 N–H and O–H groups in total. The molecule has 1 heterocycles. The highest BCUT2D eigenvalue weighted by Gasteiger charge is 2.32. The maximum absolute atomic E-state index is 11.9. The molecule has 1 aromatic rings. The van der Waals surface area contributed by atoms with Gasteiger partial charge in [0.15, 0.2) is 0 Å². The highest BCUT2D eigenvalue weighted by molar-refractivity contribution is 5.75. The zero-order valence-electron chi connectivity index (χ0n) is 12.3. The van der Waals surface area contributed by atoms with Crippen LogP contribution < -0.4 is 16.6 Å². The number of anilines is 1. The van der Waals surface area contributed by atoms with E-state index in [4.69, 9.17) is 5.73 Å². The van der Waals surface area contributed by atoms with Crippen LogP contribution in [-0.2, 0) is 11.3 Å². The Morgan fingerprint density at radius 2 is 2.33 bits per heavy atom. The van der Waals surface area contributed by atoms with Crippen LogP contribution in [0, 0.1) is 5.92 Å². The number of rotatable bonds is 4. The molecule has 1 saturated carbocycles. The predicted octanol–water partition coefficient (Wildman–Crippen LogP) is 0.488. The smallest absolute Gasteiger partial charge is 0.251 e. The molecule has 0 bridgehead atoms. The number of carbonyl (C=O) groups excluding carboxylic acids is 1. The summed E-state index contributed by atoms with van der Waals surface area (Å²) in [4.78, 5) is 23.5. The largest absolute Gasteiger partial charge is 0.398 e. The average molecular weight is 293 g/mol. The van der Waals surface area contributed by atoms with E-state index in [1.807, 2.05) is 0 Å². The topological polar surface area (TPSA) is 97.3 Å². The first kappa shape index (κ1) is 15.6. The van der Waals surface area contributed by atoms with Crippen molar-refractivity contribution in [2.45, 2.75) is 44.8 Å². The molecular formula is C15H23N3O3. The Hall–Kier alpha value is -1.82. The molecule has 6 nitrogen and oxygen atoms in total. The molecule has 2 atom stereocenters. The zero-order valence-corrected chi connectivity index (χ0v) is 12.3. The summed E-state index contributed by atoms with van der Waals surface area (Å²) in [5, 5.41) is 13.2. The van der Waals surface area contributed by atoms with Gasteiger partial charge in [-0.2, -0.15) is 0 Å². The van der Waals surface area contributed by atoms with Gasteiger partial charge in [-0.05, 0) is 24.8 Å². The third-order valence-corrected chi connectivity index (χ3v) is 4.00. The number of nitrogens with one attached hydrogen (secondary N) is 1. The lowest BCUT2D eigenvalue weighted by molar-refractivity contribution is -0.123. The van der Waals surface area contributed by atoms with Crippen molar-refractivity contribution in [2.75, 3.05) is 12.3 Å². The minimum atomic E-state index is -0.825. The van der Waals surface area contributed by atoms with E-state index < -0.39 is 5.60 Å². The zero-order chi connectivity index (χ0) is 15.5. The van der Waals surface area contributed by atoms with Gasteiger partial charge in [-0.3, -0.25) is 9.59 Å². The normalized spacial score (nSPS) is 25.5. The van der Waals surface area contributed by atoms with Crippen LogP contribution in [0.1, 0.15) is 32.6 Å². The lowest BCUT2D eigenvalue weighted by Crippen LogP contribution is -2.46. The highest BCUT2D eigenvalue weighted by Crippen LogP contribution is 2.31. The van der Waals surface area contributed by atoms with Crippen LogP contribution >= 0.6 is 0 Å². The Kier molecular flexibility index (Phi) is 4.67. The Labute approximate surface area is 124 Å². The van der Waals surface area contributed by atoms with Crippen molar-refractivity contribution in [3.63, 3.8) is 0 Å². The summed E-state index contributed by atoms with van der Waals surface area (Å²) in [6, 6.07) is 2.84. The fourth-order valence-electron chi connectivity index (χ4n) is 2.94. The van der Waals surface area contributed by atoms with Crippen molar-refractivity contribution < 1.29 is 9.90 Å². The number of aliphatic hydroxyl groups is 1. The standard InChI is InChI=1S/C15H23N3O3/c1-11-3-2-6-15(21,7-11)10-17-13(19)9-18-8-12(16)4-5-14(18)20/h4-5,8,11,21H,2-3,6-7,9-10,16H2,1H3,(H,17,19). The van der Waals surface area contributed by atoms with E-state index >= 15 is 0 Å². The van der Waals surface area contributed by atoms with Crippen molar-refractivity contribution in [1.29, 1.82) is 0 Å². The molecule has 1 fully saturated rings. The number of amides is 1. The Morgan fingerprint density at radius 1 is 1.57 bits per heavy atom. The molecule has 1 amide bonds. The van der Waals surface area contributed by atoms with Crippen LogP contribution in [0.5, 0.6) is 0 Å². The van der Waals surface area contributed by atoms with Crippen LogP contribution in [0.25, 0.3) is 0 Å². The summed E-state index contributed by atoms with van der Waals surface area (Å²) in [5.41, 5.74) is 4.93. The summed E-state index contributed by atoms with van der Waals surface area (Å²) in [6.45, 7) is 2.25. The van der Waals surface area contributed by atoms with Gasteiger partial charge >= 0.3 is 0 Å². The number of nitrogen functional groups attached to an aromatic ring is 1. The lowest BCUT2D eigenvalue weighted by atomic mass is 9.79. The molecule has 0 aliphatic heterocycles. The lowest BCUT2D eigenvalue weighted by Gasteiger charge is -2.35. The Bertz CT molecular complexity index is 570. The van der Waals surface area contributed by atoms with Crippen LogP contribution in [0.3, 0.4) is 0 Å². The van der Waals surface area contributed by atoms with Gasteiger partial charge in [0.2, 0.25) is 5.91 Å². The molecule has 0 aromatic carbocycles. The number of aromatic nitrogens is 1. The minimum absolute atomic E-state index is 0.0878. The Balaban J connectivity index is 1.90. The minimum Gasteiger partial charge on any atom is -0.398 e. The number of hydrogen-bond donors (Lipinski definition) is 3. The second kappa shape index (κ2) is 6.30. The number of hydrogen-bond acceptors (Lipinski definition) is 4. The van der Waals surface area contributed by atoms with Crippen molar-refractivity contribution in [1.82, 2.24) is 9.88 Å².